The Morgan fingerprint density at radius 2 is 2.35 bits per heavy atom. The first-order valence-electron chi connectivity index (χ1n) is 6.05. The number of esters is 1. The van der Waals surface area contributed by atoms with Gasteiger partial charge in [-0.1, -0.05) is 6.07 Å². The molecule has 0 aliphatic carbocycles. The van der Waals surface area contributed by atoms with Crippen molar-refractivity contribution in [1.82, 2.24) is 10.3 Å². The monoisotopic (exact) mass is 340 g/mol. The van der Waals surface area contributed by atoms with E-state index in [2.05, 4.69) is 26.2 Å². The molecular formula is C13H13BrN2O4. The molecule has 1 unspecified atom stereocenters. The van der Waals surface area contributed by atoms with Gasteiger partial charge in [-0.05, 0) is 35.0 Å². The molecule has 2 heterocycles. The predicted molar refractivity (Wildman–Crippen MR) is 73.7 cm³/mol. The van der Waals surface area contributed by atoms with Gasteiger partial charge in [0.25, 0.3) is 5.91 Å². The zero-order valence-corrected chi connectivity index (χ0v) is 12.3. The molecule has 1 aromatic heterocycles. The van der Waals surface area contributed by atoms with Crippen molar-refractivity contribution in [2.24, 2.45) is 0 Å². The molecule has 0 spiro atoms. The number of nitrogens with zero attached hydrogens (tertiary/aromatic N) is 1. The Kier molecular flexibility index (Phi) is 4.39. The summed E-state index contributed by atoms with van der Waals surface area (Å²) in [6, 6.07) is 4.80. The molecule has 0 fully saturated rings. The van der Waals surface area contributed by atoms with Crippen molar-refractivity contribution in [3.05, 3.63) is 39.8 Å². The second-order valence-corrected chi connectivity index (χ2v) is 4.97. The van der Waals surface area contributed by atoms with Crippen LogP contribution >= 0.6 is 15.9 Å². The first-order chi connectivity index (χ1) is 9.52. The van der Waals surface area contributed by atoms with E-state index in [0.717, 1.165) is 0 Å². The quantitative estimate of drug-likeness (QED) is 0.497. The SMILES string of the molecule is CCOC(=O)C1=C(O)CC(c2cccc(Br)n2)NC1=O. The topological polar surface area (TPSA) is 88.5 Å². The third-order valence-corrected chi connectivity index (χ3v) is 3.23. The highest BCUT2D eigenvalue weighted by Gasteiger charge is 2.33. The third kappa shape index (κ3) is 2.98. The maximum absolute atomic E-state index is 11.9. The molecule has 7 heteroatoms. The van der Waals surface area contributed by atoms with Crippen LogP contribution in [-0.4, -0.2) is 28.6 Å². The minimum atomic E-state index is -0.817. The minimum Gasteiger partial charge on any atom is -0.511 e. The fraction of sp³-hybridized carbons (Fsp3) is 0.308. The first kappa shape index (κ1) is 14.5. The molecular weight excluding hydrogens is 328 g/mol. The van der Waals surface area contributed by atoms with Crippen LogP contribution in [0, 0.1) is 0 Å². The van der Waals surface area contributed by atoms with Gasteiger partial charge in [0.05, 0.1) is 18.3 Å². The number of hydrogen-bond acceptors (Lipinski definition) is 5. The highest BCUT2D eigenvalue weighted by molar-refractivity contribution is 9.10. The lowest BCUT2D eigenvalue weighted by Gasteiger charge is -2.24. The minimum absolute atomic E-state index is 0.101. The molecule has 0 saturated heterocycles. The maximum Gasteiger partial charge on any atom is 0.347 e. The summed E-state index contributed by atoms with van der Waals surface area (Å²) in [5.41, 5.74) is 0.264. The van der Waals surface area contributed by atoms with Gasteiger partial charge in [-0.3, -0.25) is 4.79 Å². The van der Waals surface area contributed by atoms with E-state index in [9.17, 15) is 14.7 Å². The van der Waals surface area contributed by atoms with Crippen LogP contribution in [0.25, 0.3) is 0 Å². The fourth-order valence-corrected chi connectivity index (χ4v) is 2.28. The summed E-state index contributed by atoms with van der Waals surface area (Å²) in [7, 11) is 0. The van der Waals surface area contributed by atoms with E-state index < -0.39 is 17.9 Å². The Bertz CT molecular complexity index is 585. The molecule has 106 valence electrons. The van der Waals surface area contributed by atoms with Crippen molar-refractivity contribution >= 4 is 27.8 Å². The smallest absolute Gasteiger partial charge is 0.347 e. The van der Waals surface area contributed by atoms with E-state index in [1.807, 2.05) is 0 Å². The number of aliphatic hydroxyl groups is 1. The number of amides is 1. The second-order valence-electron chi connectivity index (χ2n) is 4.16. The second kappa shape index (κ2) is 6.04. The van der Waals surface area contributed by atoms with Crippen LogP contribution in [-0.2, 0) is 14.3 Å². The zero-order chi connectivity index (χ0) is 14.7. The van der Waals surface area contributed by atoms with Crippen LogP contribution < -0.4 is 5.32 Å². The Morgan fingerprint density at radius 3 is 2.95 bits per heavy atom. The van der Waals surface area contributed by atoms with E-state index in [1.165, 1.54) is 0 Å². The summed E-state index contributed by atoms with van der Waals surface area (Å²) in [5.74, 6) is -1.75. The number of halogens is 1. The number of ether oxygens (including phenoxy) is 1. The number of aliphatic hydroxyl groups excluding tert-OH is 1. The van der Waals surface area contributed by atoms with Crippen LogP contribution in [0.1, 0.15) is 25.1 Å². The van der Waals surface area contributed by atoms with Crippen molar-refractivity contribution in [1.29, 1.82) is 0 Å². The molecule has 20 heavy (non-hydrogen) atoms. The lowest BCUT2D eigenvalue weighted by Crippen LogP contribution is -2.38. The molecule has 0 aromatic carbocycles. The Balaban J connectivity index is 2.25. The van der Waals surface area contributed by atoms with Crippen molar-refractivity contribution < 1.29 is 19.4 Å². The van der Waals surface area contributed by atoms with Gasteiger partial charge >= 0.3 is 5.97 Å². The zero-order valence-electron chi connectivity index (χ0n) is 10.7. The summed E-state index contributed by atoms with van der Waals surface area (Å²) >= 11 is 3.24. The lowest BCUT2D eigenvalue weighted by atomic mass is 9.99. The maximum atomic E-state index is 11.9. The van der Waals surface area contributed by atoms with Crippen LogP contribution in [0.3, 0.4) is 0 Å². The van der Waals surface area contributed by atoms with Crippen molar-refractivity contribution in [2.75, 3.05) is 6.61 Å². The van der Waals surface area contributed by atoms with Crippen molar-refractivity contribution in [3.63, 3.8) is 0 Å². The van der Waals surface area contributed by atoms with Gasteiger partial charge in [0.15, 0.2) is 5.57 Å². The summed E-state index contributed by atoms with van der Waals surface area (Å²) in [4.78, 5) is 27.7. The summed E-state index contributed by atoms with van der Waals surface area (Å²) in [6.45, 7) is 1.77. The van der Waals surface area contributed by atoms with Crippen LogP contribution in [0.15, 0.2) is 34.1 Å². The molecule has 0 radical (unpaired) electrons. The number of rotatable bonds is 3. The number of nitrogens with one attached hydrogen (secondary N) is 1. The van der Waals surface area contributed by atoms with Gasteiger partial charge < -0.3 is 15.2 Å². The normalized spacial score (nSPS) is 18.7. The predicted octanol–water partition coefficient (Wildman–Crippen LogP) is 1.78. The standard InChI is InChI=1S/C13H13BrN2O4/c1-2-20-13(19)11-9(17)6-8(16-12(11)18)7-4-3-5-10(14)15-7/h3-5,8,17H,2,6H2,1H3,(H,16,18). The average molecular weight is 341 g/mol. The van der Waals surface area contributed by atoms with Crippen molar-refractivity contribution in [3.8, 4) is 0 Å². The molecule has 1 aromatic rings. The molecule has 1 aliphatic rings. The summed E-state index contributed by atoms with van der Waals surface area (Å²) in [5, 5.41) is 12.6. The molecule has 1 atom stereocenters. The van der Waals surface area contributed by atoms with Gasteiger partial charge in [-0.15, -0.1) is 0 Å². The molecule has 0 bridgehead atoms. The average Bonchev–Trinajstić information content (AvgIpc) is 2.38. The molecule has 1 amide bonds. The third-order valence-electron chi connectivity index (χ3n) is 2.79. The Morgan fingerprint density at radius 1 is 1.60 bits per heavy atom. The summed E-state index contributed by atoms with van der Waals surface area (Å²) in [6.07, 6.45) is 0.101. The van der Waals surface area contributed by atoms with Crippen LogP contribution in [0.2, 0.25) is 0 Å². The van der Waals surface area contributed by atoms with E-state index in [1.54, 1.807) is 25.1 Å². The molecule has 6 nitrogen and oxygen atoms in total. The number of carbonyl (C=O) groups excluding carboxylic acids is 2. The van der Waals surface area contributed by atoms with Crippen LogP contribution in [0.4, 0.5) is 0 Å². The lowest BCUT2D eigenvalue weighted by molar-refractivity contribution is -0.141. The van der Waals surface area contributed by atoms with Gasteiger partial charge in [0.1, 0.15) is 10.4 Å². The molecule has 0 saturated carbocycles. The summed E-state index contributed by atoms with van der Waals surface area (Å²) < 4.78 is 5.37. The Labute approximate surface area is 124 Å². The largest absolute Gasteiger partial charge is 0.511 e. The van der Waals surface area contributed by atoms with Crippen LogP contribution in [0.5, 0.6) is 0 Å². The van der Waals surface area contributed by atoms with E-state index in [-0.39, 0.29) is 24.4 Å². The van der Waals surface area contributed by atoms with Crippen molar-refractivity contribution in [2.45, 2.75) is 19.4 Å². The number of hydrogen-bond donors (Lipinski definition) is 2. The highest BCUT2D eigenvalue weighted by Crippen LogP contribution is 2.26. The number of aromatic nitrogens is 1. The van der Waals surface area contributed by atoms with Gasteiger partial charge in [0, 0.05) is 6.42 Å². The Hall–Kier alpha value is -1.89. The van der Waals surface area contributed by atoms with E-state index in [4.69, 9.17) is 4.74 Å². The van der Waals surface area contributed by atoms with E-state index in [0.29, 0.717) is 10.3 Å². The first-order valence-corrected chi connectivity index (χ1v) is 6.84. The van der Waals surface area contributed by atoms with Gasteiger partial charge in [0.2, 0.25) is 0 Å². The molecule has 1 aliphatic heterocycles. The number of carbonyl (C=O) groups is 2. The van der Waals surface area contributed by atoms with Gasteiger partial charge in [-0.2, -0.15) is 0 Å². The van der Waals surface area contributed by atoms with E-state index >= 15 is 0 Å². The van der Waals surface area contributed by atoms with Gasteiger partial charge in [-0.25, -0.2) is 9.78 Å². The molecule has 2 rings (SSSR count). The number of pyridine rings is 1. The highest BCUT2D eigenvalue weighted by atomic mass is 79.9. The fourth-order valence-electron chi connectivity index (χ4n) is 1.92. The molecule has 2 N–H and O–H groups in total.